The van der Waals surface area contributed by atoms with Gasteiger partial charge in [-0.05, 0) is 27.7 Å². The molecule has 0 aromatic heterocycles. The molecule has 0 aliphatic rings. The van der Waals surface area contributed by atoms with Crippen molar-refractivity contribution in [3.63, 3.8) is 0 Å². The van der Waals surface area contributed by atoms with Gasteiger partial charge in [0, 0.05) is 6.08 Å². The van der Waals surface area contributed by atoms with Gasteiger partial charge >= 0.3 is 18.1 Å². The van der Waals surface area contributed by atoms with Crippen LogP contribution in [0.2, 0.25) is 0 Å². The van der Waals surface area contributed by atoms with Gasteiger partial charge in [0.1, 0.15) is 5.60 Å². The van der Waals surface area contributed by atoms with E-state index < -0.39 is 17.7 Å². The molecule has 18 heavy (non-hydrogen) atoms. The number of carbonyl (C=O) groups excluding carboxylic acids is 2. The van der Waals surface area contributed by atoms with Gasteiger partial charge in [0.2, 0.25) is 0 Å². The van der Waals surface area contributed by atoms with E-state index >= 15 is 0 Å². The van der Waals surface area contributed by atoms with Crippen LogP contribution in [0.4, 0.5) is 13.2 Å². The lowest BCUT2D eigenvalue weighted by Crippen LogP contribution is -2.25. The van der Waals surface area contributed by atoms with Crippen LogP contribution in [0.25, 0.3) is 0 Å². The van der Waals surface area contributed by atoms with Crippen molar-refractivity contribution < 1.29 is 32.2 Å². The number of hydrogen-bond donors (Lipinski definition) is 0. The summed E-state index contributed by atoms with van der Waals surface area (Å²) >= 11 is 0. The third-order valence-electron chi connectivity index (χ3n) is 1.08. The number of carbonyl (C=O) groups is 2. The summed E-state index contributed by atoms with van der Waals surface area (Å²) in [6, 6.07) is 0. The minimum Gasteiger partial charge on any atom is -0.459 e. The third kappa shape index (κ3) is 12.5. The lowest BCUT2D eigenvalue weighted by Gasteiger charge is -2.17. The Morgan fingerprint density at radius 2 is 1.67 bits per heavy atom. The van der Waals surface area contributed by atoms with Crippen LogP contribution in [-0.4, -0.2) is 30.3 Å². The van der Waals surface area contributed by atoms with E-state index in [1.165, 1.54) is 6.92 Å². The van der Waals surface area contributed by atoms with E-state index in [1.807, 2.05) is 20.8 Å². The second kappa shape index (κ2) is 7.73. The first-order chi connectivity index (χ1) is 7.94. The van der Waals surface area contributed by atoms with E-state index in [0.29, 0.717) is 0 Å². The van der Waals surface area contributed by atoms with Gasteiger partial charge in [-0.1, -0.05) is 6.58 Å². The molecule has 0 aliphatic heterocycles. The van der Waals surface area contributed by atoms with Gasteiger partial charge in [0.25, 0.3) is 0 Å². The molecule has 0 spiro atoms. The minimum absolute atomic E-state index is 0.252. The zero-order chi connectivity index (χ0) is 15.0. The standard InChI is InChI=1S/C7H12O2.C4H5F3O2/c1-5-6(8)9-7(2,3)4;1-2-9-3(8)4(5,6)7/h5H,1H2,2-4H3;2H2,1H3. The first-order valence-electron chi connectivity index (χ1n) is 5.03. The van der Waals surface area contributed by atoms with Crippen LogP contribution in [-0.2, 0) is 19.1 Å². The summed E-state index contributed by atoms with van der Waals surface area (Å²) in [7, 11) is 0. The smallest absolute Gasteiger partial charge is 0.459 e. The summed E-state index contributed by atoms with van der Waals surface area (Å²) < 4.78 is 42.0. The maximum absolute atomic E-state index is 11.2. The molecule has 0 fully saturated rings. The quantitative estimate of drug-likeness (QED) is 0.571. The molecular weight excluding hydrogens is 253 g/mol. The minimum atomic E-state index is -4.85. The lowest BCUT2D eigenvalue weighted by molar-refractivity contribution is -0.199. The molecule has 0 aromatic carbocycles. The van der Waals surface area contributed by atoms with Crippen LogP contribution in [0.1, 0.15) is 27.7 Å². The van der Waals surface area contributed by atoms with Crippen molar-refractivity contribution in [3.05, 3.63) is 12.7 Å². The highest BCUT2D eigenvalue weighted by Crippen LogP contribution is 2.15. The molecule has 0 unspecified atom stereocenters. The van der Waals surface area contributed by atoms with E-state index in [4.69, 9.17) is 4.74 Å². The average molecular weight is 270 g/mol. The van der Waals surface area contributed by atoms with Gasteiger partial charge in [0.05, 0.1) is 6.61 Å². The number of esters is 2. The van der Waals surface area contributed by atoms with Crippen molar-refractivity contribution in [1.82, 2.24) is 0 Å². The van der Waals surface area contributed by atoms with E-state index in [-0.39, 0.29) is 12.6 Å². The Bertz CT molecular complexity index is 290. The fourth-order valence-electron chi connectivity index (χ4n) is 0.556. The number of halogens is 3. The second-order valence-electron chi connectivity index (χ2n) is 3.96. The molecule has 0 amide bonds. The second-order valence-corrected chi connectivity index (χ2v) is 3.96. The molecule has 4 nitrogen and oxygen atoms in total. The third-order valence-corrected chi connectivity index (χ3v) is 1.08. The van der Waals surface area contributed by atoms with Crippen LogP contribution in [0.15, 0.2) is 12.7 Å². The fraction of sp³-hybridized carbons (Fsp3) is 0.636. The Hall–Kier alpha value is -1.53. The van der Waals surface area contributed by atoms with E-state index in [0.717, 1.165) is 6.08 Å². The highest BCUT2D eigenvalue weighted by molar-refractivity contribution is 5.81. The zero-order valence-electron chi connectivity index (χ0n) is 10.8. The molecule has 0 bridgehead atoms. The Kier molecular flexibility index (Phi) is 8.08. The molecule has 7 heteroatoms. The van der Waals surface area contributed by atoms with Crippen molar-refractivity contribution in [2.24, 2.45) is 0 Å². The summed E-state index contributed by atoms with van der Waals surface area (Å²) in [6.45, 7) is 9.77. The first-order valence-corrected chi connectivity index (χ1v) is 5.03. The van der Waals surface area contributed by atoms with Gasteiger partial charge in [0.15, 0.2) is 0 Å². The van der Waals surface area contributed by atoms with Gasteiger partial charge < -0.3 is 9.47 Å². The van der Waals surface area contributed by atoms with Gasteiger partial charge in [-0.25, -0.2) is 9.59 Å². The molecule has 0 N–H and O–H groups in total. The summed E-state index contributed by atoms with van der Waals surface area (Å²) in [4.78, 5) is 20.2. The number of alkyl halides is 3. The monoisotopic (exact) mass is 270 g/mol. The number of hydrogen-bond acceptors (Lipinski definition) is 4. The van der Waals surface area contributed by atoms with Crippen LogP contribution in [0.5, 0.6) is 0 Å². The molecule has 0 radical (unpaired) electrons. The molecule has 0 saturated carbocycles. The van der Waals surface area contributed by atoms with Crippen molar-refractivity contribution in [3.8, 4) is 0 Å². The Morgan fingerprint density at radius 1 is 1.22 bits per heavy atom. The van der Waals surface area contributed by atoms with Crippen molar-refractivity contribution in [2.45, 2.75) is 39.5 Å². The summed E-state index contributed by atoms with van der Waals surface area (Å²) in [6.07, 6.45) is -3.69. The molecule has 0 aliphatic carbocycles. The summed E-state index contributed by atoms with van der Waals surface area (Å²) in [5.74, 6) is -2.51. The largest absolute Gasteiger partial charge is 0.490 e. The number of ether oxygens (including phenoxy) is 2. The predicted octanol–water partition coefficient (Wildman–Crippen LogP) is 2.63. The zero-order valence-corrected chi connectivity index (χ0v) is 10.8. The van der Waals surface area contributed by atoms with Crippen molar-refractivity contribution in [2.75, 3.05) is 6.61 Å². The van der Waals surface area contributed by atoms with Crippen LogP contribution >= 0.6 is 0 Å². The molecular formula is C11H17F3O4. The highest BCUT2D eigenvalue weighted by Gasteiger charge is 2.40. The molecule has 0 saturated heterocycles. The number of rotatable bonds is 2. The molecule has 0 rings (SSSR count). The van der Waals surface area contributed by atoms with E-state index in [9.17, 15) is 22.8 Å². The Morgan fingerprint density at radius 3 is 1.78 bits per heavy atom. The fourth-order valence-corrected chi connectivity index (χ4v) is 0.556. The maximum Gasteiger partial charge on any atom is 0.490 e. The van der Waals surface area contributed by atoms with Gasteiger partial charge in [-0.15, -0.1) is 0 Å². The van der Waals surface area contributed by atoms with E-state index in [2.05, 4.69) is 11.3 Å². The molecule has 0 aromatic rings. The first kappa shape index (κ1) is 18.8. The summed E-state index contributed by atoms with van der Waals surface area (Å²) in [5.41, 5.74) is -0.398. The predicted molar refractivity (Wildman–Crippen MR) is 58.7 cm³/mol. The Labute approximate surface area is 104 Å². The van der Waals surface area contributed by atoms with E-state index in [1.54, 1.807) is 0 Å². The van der Waals surface area contributed by atoms with Crippen molar-refractivity contribution in [1.29, 1.82) is 0 Å². The summed E-state index contributed by atoms with van der Waals surface area (Å²) in [5, 5.41) is 0. The highest BCUT2D eigenvalue weighted by atomic mass is 19.4. The molecule has 0 heterocycles. The topological polar surface area (TPSA) is 52.6 Å². The van der Waals surface area contributed by atoms with Crippen LogP contribution < -0.4 is 0 Å². The maximum atomic E-state index is 11.2. The van der Waals surface area contributed by atoms with Crippen molar-refractivity contribution >= 4 is 11.9 Å². The SMILES string of the molecule is C=CC(=O)OC(C)(C)C.CCOC(=O)C(F)(F)F. The lowest BCUT2D eigenvalue weighted by atomic mass is 10.2. The molecule has 106 valence electrons. The normalized spacial score (nSPS) is 10.8. The Balaban J connectivity index is 0. The average Bonchev–Trinajstić information content (AvgIpc) is 2.15. The van der Waals surface area contributed by atoms with Crippen LogP contribution in [0.3, 0.4) is 0 Å². The van der Waals surface area contributed by atoms with Gasteiger partial charge in [-0.2, -0.15) is 13.2 Å². The van der Waals surface area contributed by atoms with Gasteiger partial charge in [-0.3, -0.25) is 0 Å². The molecule has 0 atom stereocenters. The van der Waals surface area contributed by atoms with Crippen LogP contribution in [0, 0.1) is 0 Å².